The monoisotopic (exact) mass is 279 g/mol. The van der Waals surface area contributed by atoms with Gasteiger partial charge >= 0.3 is 0 Å². The number of hydrogen-bond acceptors (Lipinski definition) is 4. The summed E-state index contributed by atoms with van der Waals surface area (Å²) in [7, 11) is 1.80. The van der Waals surface area contributed by atoms with Crippen LogP contribution in [0.3, 0.4) is 0 Å². The van der Waals surface area contributed by atoms with E-state index in [4.69, 9.17) is 4.52 Å². The minimum absolute atomic E-state index is 0.316. The lowest BCUT2D eigenvalue weighted by Gasteiger charge is -2.10. The molecule has 1 saturated carbocycles. The predicted octanol–water partition coefficient (Wildman–Crippen LogP) is 1.70. The average molecular weight is 279 g/mol. The Bertz CT molecular complexity index is 437. The fraction of sp³-hybridized carbons (Fsp3) is 0.786. The highest BCUT2D eigenvalue weighted by Crippen LogP contribution is 2.27. The maximum atomic E-state index is 5.21. The van der Waals surface area contributed by atoms with Gasteiger partial charge in [-0.05, 0) is 25.2 Å². The maximum Gasteiger partial charge on any atom is 0.226 e. The molecule has 112 valence electrons. The van der Waals surface area contributed by atoms with Crippen LogP contribution < -0.4 is 10.6 Å². The molecule has 1 heterocycles. The van der Waals surface area contributed by atoms with E-state index in [9.17, 15) is 0 Å². The molecule has 1 aliphatic rings. The van der Waals surface area contributed by atoms with Crippen molar-refractivity contribution >= 4 is 5.96 Å². The van der Waals surface area contributed by atoms with Gasteiger partial charge in [-0.15, -0.1) is 0 Å². The average Bonchev–Trinajstić information content (AvgIpc) is 3.14. The van der Waals surface area contributed by atoms with Gasteiger partial charge in [0, 0.05) is 32.5 Å². The Morgan fingerprint density at radius 2 is 2.20 bits per heavy atom. The highest BCUT2D eigenvalue weighted by atomic mass is 16.5. The van der Waals surface area contributed by atoms with Gasteiger partial charge in [-0.2, -0.15) is 4.98 Å². The van der Waals surface area contributed by atoms with Gasteiger partial charge < -0.3 is 15.2 Å². The van der Waals surface area contributed by atoms with Crippen molar-refractivity contribution in [3.8, 4) is 0 Å². The number of hydrogen-bond donors (Lipinski definition) is 2. The molecule has 0 aliphatic heterocycles. The van der Waals surface area contributed by atoms with Crippen LogP contribution in [0.5, 0.6) is 0 Å². The lowest BCUT2D eigenvalue weighted by atomic mass is 10.2. The summed E-state index contributed by atoms with van der Waals surface area (Å²) in [5.74, 6) is 3.55. The molecule has 0 amide bonds. The molecule has 0 aromatic carbocycles. The van der Waals surface area contributed by atoms with Gasteiger partial charge in [0.05, 0.1) is 0 Å². The molecular weight excluding hydrogens is 254 g/mol. The molecule has 20 heavy (non-hydrogen) atoms. The van der Waals surface area contributed by atoms with E-state index in [2.05, 4.69) is 39.6 Å². The highest BCUT2D eigenvalue weighted by Gasteiger charge is 2.20. The van der Waals surface area contributed by atoms with E-state index in [1.807, 2.05) is 0 Å². The predicted molar refractivity (Wildman–Crippen MR) is 78.8 cm³/mol. The highest BCUT2D eigenvalue weighted by molar-refractivity contribution is 5.79. The molecular formula is C14H25N5O. The number of nitrogens with one attached hydrogen (secondary N) is 2. The van der Waals surface area contributed by atoms with Crippen molar-refractivity contribution < 1.29 is 4.52 Å². The Morgan fingerprint density at radius 3 is 2.80 bits per heavy atom. The van der Waals surface area contributed by atoms with Crippen LogP contribution in [0.25, 0.3) is 0 Å². The van der Waals surface area contributed by atoms with Gasteiger partial charge in [-0.3, -0.25) is 4.99 Å². The minimum atomic E-state index is 0.316. The molecule has 1 aromatic rings. The third-order valence-electron chi connectivity index (χ3n) is 3.34. The number of aromatic nitrogens is 2. The normalized spacial score (nSPS) is 15.7. The SMILES string of the molecule is CN=C(NCCCc1nc(C(C)C)no1)NCC1CC1. The Hall–Kier alpha value is -1.59. The smallest absolute Gasteiger partial charge is 0.226 e. The van der Waals surface area contributed by atoms with Crippen LogP contribution in [0.15, 0.2) is 9.52 Å². The number of rotatable bonds is 7. The minimum Gasteiger partial charge on any atom is -0.356 e. The van der Waals surface area contributed by atoms with Gasteiger partial charge in [0.2, 0.25) is 5.89 Å². The van der Waals surface area contributed by atoms with Crippen LogP contribution >= 0.6 is 0 Å². The quantitative estimate of drug-likeness (QED) is 0.451. The second-order valence-electron chi connectivity index (χ2n) is 5.63. The lowest BCUT2D eigenvalue weighted by molar-refractivity contribution is 0.368. The van der Waals surface area contributed by atoms with E-state index in [1.54, 1.807) is 7.05 Å². The van der Waals surface area contributed by atoms with Crippen LogP contribution in [0.2, 0.25) is 0 Å². The van der Waals surface area contributed by atoms with Gasteiger partial charge in [0.25, 0.3) is 0 Å². The lowest BCUT2D eigenvalue weighted by Crippen LogP contribution is -2.38. The molecule has 0 saturated heterocycles. The molecule has 1 aromatic heterocycles. The van der Waals surface area contributed by atoms with Crippen molar-refractivity contribution in [3.05, 3.63) is 11.7 Å². The summed E-state index contributed by atoms with van der Waals surface area (Å²) in [6.45, 7) is 6.00. The Labute approximate surface area is 120 Å². The molecule has 1 aliphatic carbocycles. The van der Waals surface area contributed by atoms with E-state index in [-0.39, 0.29) is 0 Å². The molecule has 6 heteroatoms. The zero-order valence-electron chi connectivity index (χ0n) is 12.6. The van der Waals surface area contributed by atoms with Crippen LogP contribution in [0, 0.1) is 5.92 Å². The molecule has 0 atom stereocenters. The van der Waals surface area contributed by atoms with Crippen molar-refractivity contribution in [1.82, 2.24) is 20.8 Å². The first-order chi connectivity index (χ1) is 9.69. The fourth-order valence-electron chi connectivity index (χ4n) is 1.83. The second kappa shape index (κ2) is 7.26. The van der Waals surface area contributed by atoms with E-state index in [0.29, 0.717) is 5.92 Å². The van der Waals surface area contributed by atoms with Crippen LogP contribution in [-0.4, -0.2) is 36.2 Å². The van der Waals surface area contributed by atoms with Crippen molar-refractivity contribution in [2.75, 3.05) is 20.1 Å². The Morgan fingerprint density at radius 1 is 1.40 bits per heavy atom. The molecule has 0 unspecified atom stereocenters. The summed E-state index contributed by atoms with van der Waals surface area (Å²) in [4.78, 5) is 8.57. The van der Waals surface area contributed by atoms with E-state index in [0.717, 1.165) is 49.5 Å². The number of nitrogens with zero attached hydrogens (tertiary/aromatic N) is 3. The first kappa shape index (κ1) is 14.8. The molecule has 0 bridgehead atoms. The molecule has 1 fully saturated rings. The van der Waals surface area contributed by atoms with Crippen molar-refractivity contribution in [2.24, 2.45) is 10.9 Å². The summed E-state index contributed by atoms with van der Waals surface area (Å²) in [6.07, 6.45) is 4.44. The number of aliphatic imine (C=N–C) groups is 1. The van der Waals surface area contributed by atoms with Crippen LogP contribution in [-0.2, 0) is 6.42 Å². The van der Waals surface area contributed by atoms with E-state index >= 15 is 0 Å². The first-order valence-electron chi connectivity index (χ1n) is 7.46. The molecule has 2 rings (SSSR count). The maximum absolute atomic E-state index is 5.21. The first-order valence-corrected chi connectivity index (χ1v) is 7.46. The largest absolute Gasteiger partial charge is 0.356 e. The van der Waals surface area contributed by atoms with Gasteiger partial charge in [-0.25, -0.2) is 0 Å². The summed E-state index contributed by atoms with van der Waals surface area (Å²) in [5, 5.41) is 10.6. The topological polar surface area (TPSA) is 75.3 Å². The van der Waals surface area contributed by atoms with Crippen molar-refractivity contribution in [3.63, 3.8) is 0 Å². The Kier molecular flexibility index (Phi) is 5.38. The Balaban J connectivity index is 1.61. The summed E-state index contributed by atoms with van der Waals surface area (Å²) in [6, 6.07) is 0. The number of aryl methyl sites for hydroxylation is 1. The standard InChI is InChI=1S/C14H25N5O/c1-10(2)13-18-12(20-19-13)5-4-8-16-14(15-3)17-9-11-6-7-11/h10-11H,4-9H2,1-3H3,(H2,15,16,17). The van der Waals surface area contributed by atoms with Gasteiger partial charge in [0.15, 0.2) is 11.8 Å². The van der Waals surface area contributed by atoms with E-state index in [1.165, 1.54) is 12.8 Å². The summed E-state index contributed by atoms with van der Waals surface area (Å²) < 4.78 is 5.21. The molecule has 0 spiro atoms. The summed E-state index contributed by atoms with van der Waals surface area (Å²) >= 11 is 0. The summed E-state index contributed by atoms with van der Waals surface area (Å²) in [5.41, 5.74) is 0. The van der Waals surface area contributed by atoms with Crippen LogP contribution in [0.1, 0.15) is 50.7 Å². The van der Waals surface area contributed by atoms with Gasteiger partial charge in [-0.1, -0.05) is 19.0 Å². The molecule has 6 nitrogen and oxygen atoms in total. The van der Waals surface area contributed by atoms with Gasteiger partial charge in [0.1, 0.15) is 0 Å². The van der Waals surface area contributed by atoms with E-state index < -0.39 is 0 Å². The van der Waals surface area contributed by atoms with Crippen molar-refractivity contribution in [2.45, 2.75) is 45.4 Å². The molecule has 0 radical (unpaired) electrons. The third kappa shape index (κ3) is 4.83. The fourth-order valence-corrected chi connectivity index (χ4v) is 1.83. The number of guanidine groups is 1. The zero-order valence-corrected chi connectivity index (χ0v) is 12.6. The van der Waals surface area contributed by atoms with Crippen LogP contribution in [0.4, 0.5) is 0 Å². The zero-order chi connectivity index (χ0) is 14.4. The van der Waals surface area contributed by atoms with Crippen molar-refractivity contribution in [1.29, 1.82) is 0 Å². The second-order valence-corrected chi connectivity index (χ2v) is 5.63. The third-order valence-corrected chi connectivity index (χ3v) is 3.34. The molecule has 2 N–H and O–H groups in total.